The van der Waals surface area contributed by atoms with Crippen molar-refractivity contribution in [2.45, 2.75) is 111 Å². The summed E-state index contributed by atoms with van der Waals surface area (Å²) in [5, 5.41) is 14.4. The van der Waals surface area contributed by atoms with Gasteiger partial charge in [-0.05, 0) is 54.9 Å². The summed E-state index contributed by atoms with van der Waals surface area (Å²) in [5.74, 6) is 0.900. The molecule has 0 saturated carbocycles. The first-order valence-electron chi connectivity index (χ1n) is 12.1. The van der Waals surface area contributed by atoms with E-state index in [9.17, 15) is 5.11 Å². The Morgan fingerprint density at radius 2 is 1.48 bits per heavy atom. The Hall–Kier alpha value is -0.890. The molecule has 2 aliphatic heterocycles. The van der Waals surface area contributed by atoms with Crippen molar-refractivity contribution >= 4 is 0 Å². The molecule has 0 aromatic heterocycles. The van der Waals surface area contributed by atoms with Gasteiger partial charge in [-0.1, -0.05) is 53.1 Å². The number of nitrogens with zero attached hydrogens (tertiary/aromatic N) is 3. The fraction of sp³-hybridized carbons (Fsp3) is 1.00. The molecule has 0 aromatic carbocycles. The monoisotopic (exact) mass is 441 g/mol. The third kappa shape index (κ3) is 6.80. The van der Waals surface area contributed by atoms with Crippen molar-refractivity contribution < 1.29 is 24.1 Å². The first kappa shape index (κ1) is 26.4. The molecule has 2 aliphatic rings. The molecule has 0 amide bonds. The standard InChI is InChI=1S/C23H43N3O5/c1-7-18-14(3)16(5)20(27)22(29-18)31-21-17(6)15(4)19(8-2)30-23(21)28-13-11-9-10-12-25-26-24/h14-23,27H,7-13H2,1-6H3/t14-,15-,16-,17-,18?,19?,20?,21?,22+,23-/m0/s1. The number of azide groups is 1. The zero-order chi connectivity index (χ0) is 23.0. The Labute approximate surface area is 187 Å². The molecule has 8 heteroatoms. The summed E-state index contributed by atoms with van der Waals surface area (Å²) in [5.41, 5.74) is 8.35. The Morgan fingerprint density at radius 1 is 0.871 bits per heavy atom. The third-order valence-electron chi connectivity index (χ3n) is 7.40. The molecule has 10 atom stereocenters. The largest absolute Gasteiger partial charge is 0.388 e. The molecule has 1 N–H and O–H groups in total. The summed E-state index contributed by atoms with van der Waals surface area (Å²) in [6, 6.07) is 0. The highest BCUT2D eigenvalue weighted by Crippen LogP contribution is 2.38. The Bertz CT molecular complexity index is 571. The number of hydrogen-bond donors (Lipinski definition) is 1. The molecule has 2 fully saturated rings. The molecular formula is C23H43N3O5. The van der Waals surface area contributed by atoms with Crippen LogP contribution in [0.3, 0.4) is 0 Å². The van der Waals surface area contributed by atoms with E-state index < -0.39 is 18.7 Å². The van der Waals surface area contributed by atoms with Crippen LogP contribution >= 0.6 is 0 Å². The van der Waals surface area contributed by atoms with E-state index in [1.165, 1.54) is 0 Å². The summed E-state index contributed by atoms with van der Waals surface area (Å²) in [4.78, 5) is 2.78. The van der Waals surface area contributed by atoms with Crippen LogP contribution in [0.2, 0.25) is 0 Å². The number of ether oxygens (including phenoxy) is 4. The zero-order valence-corrected chi connectivity index (χ0v) is 20.1. The minimum Gasteiger partial charge on any atom is -0.388 e. The van der Waals surface area contributed by atoms with Crippen LogP contribution in [-0.4, -0.2) is 55.3 Å². The molecule has 8 nitrogen and oxygen atoms in total. The summed E-state index contributed by atoms with van der Waals surface area (Å²) in [7, 11) is 0. The van der Waals surface area contributed by atoms with Gasteiger partial charge in [0.15, 0.2) is 12.6 Å². The lowest BCUT2D eigenvalue weighted by atomic mass is 9.81. The Kier molecular flexibility index (Phi) is 11.0. The van der Waals surface area contributed by atoms with E-state index in [4.69, 9.17) is 24.5 Å². The molecule has 0 bridgehead atoms. The highest BCUT2D eigenvalue weighted by Gasteiger charge is 2.47. The van der Waals surface area contributed by atoms with Crippen LogP contribution < -0.4 is 0 Å². The molecular weight excluding hydrogens is 398 g/mol. The molecule has 0 aromatic rings. The van der Waals surface area contributed by atoms with Gasteiger partial charge in [0.25, 0.3) is 0 Å². The minimum atomic E-state index is -0.675. The molecule has 180 valence electrons. The highest BCUT2D eigenvalue weighted by molar-refractivity contribution is 4.89. The maximum absolute atomic E-state index is 10.8. The minimum absolute atomic E-state index is 0.0690. The van der Waals surface area contributed by atoms with Crippen molar-refractivity contribution in [3.63, 3.8) is 0 Å². The molecule has 2 saturated heterocycles. The van der Waals surface area contributed by atoms with Gasteiger partial charge in [0.05, 0.1) is 12.2 Å². The van der Waals surface area contributed by atoms with Crippen molar-refractivity contribution in [1.29, 1.82) is 0 Å². The van der Waals surface area contributed by atoms with E-state index in [-0.39, 0.29) is 36.1 Å². The summed E-state index contributed by atoms with van der Waals surface area (Å²) >= 11 is 0. The second-order valence-corrected chi connectivity index (χ2v) is 9.32. The number of rotatable bonds is 11. The van der Waals surface area contributed by atoms with Gasteiger partial charge < -0.3 is 24.1 Å². The third-order valence-corrected chi connectivity index (χ3v) is 7.40. The van der Waals surface area contributed by atoms with Gasteiger partial charge in [-0.15, -0.1) is 0 Å². The lowest BCUT2D eigenvalue weighted by Crippen LogP contribution is -2.57. The molecule has 2 heterocycles. The predicted molar refractivity (Wildman–Crippen MR) is 119 cm³/mol. The average Bonchev–Trinajstić information content (AvgIpc) is 2.77. The molecule has 2 rings (SSSR count). The lowest BCUT2D eigenvalue weighted by molar-refractivity contribution is -0.344. The SMILES string of the molecule is CCC1O[C@H](OC2[C@@H](OCCCCCN=[N+]=[N-])OC(CC)[C@@H](C)[C@@H]2C)C(O)[C@@H](C)[C@@H]1C. The van der Waals surface area contributed by atoms with E-state index in [1.54, 1.807) is 0 Å². The normalized spacial score (nSPS) is 41.0. The van der Waals surface area contributed by atoms with E-state index >= 15 is 0 Å². The zero-order valence-electron chi connectivity index (χ0n) is 20.1. The van der Waals surface area contributed by atoms with Crippen molar-refractivity contribution in [2.75, 3.05) is 13.2 Å². The fourth-order valence-corrected chi connectivity index (χ4v) is 4.76. The van der Waals surface area contributed by atoms with Crippen LogP contribution in [0, 0.1) is 23.7 Å². The Morgan fingerprint density at radius 3 is 2.10 bits per heavy atom. The molecule has 0 aliphatic carbocycles. The van der Waals surface area contributed by atoms with Gasteiger partial charge in [-0.25, -0.2) is 0 Å². The average molecular weight is 442 g/mol. The van der Waals surface area contributed by atoms with Crippen LogP contribution in [0.1, 0.15) is 73.6 Å². The fourth-order valence-electron chi connectivity index (χ4n) is 4.76. The first-order valence-corrected chi connectivity index (χ1v) is 12.1. The van der Waals surface area contributed by atoms with Crippen LogP contribution in [0.25, 0.3) is 10.4 Å². The van der Waals surface area contributed by atoms with Crippen molar-refractivity contribution in [3.8, 4) is 0 Å². The summed E-state index contributed by atoms with van der Waals surface area (Å²) in [6.07, 6.45) is 2.49. The quantitative estimate of drug-likeness (QED) is 0.209. The van der Waals surface area contributed by atoms with E-state index in [0.29, 0.717) is 19.1 Å². The van der Waals surface area contributed by atoms with Crippen LogP contribution in [0.4, 0.5) is 0 Å². The summed E-state index contributed by atoms with van der Waals surface area (Å²) < 4.78 is 25.0. The van der Waals surface area contributed by atoms with Gasteiger partial charge in [0, 0.05) is 18.1 Å². The maximum atomic E-state index is 10.8. The van der Waals surface area contributed by atoms with Crippen molar-refractivity contribution in [1.82, 2.24) is 0 Å². The maximum Gasteiger partial charge on any atom is 0.184 e. The Balaban J connectivity index is 2.02. The van der Waals surface area contributed by atoms with Crippen molar-refractivity contribution in [2.24, 2.45) is 28.8 Å². The van der Waals surface area contributed by atoms with Gasteiger partial charge >= 0.3 is 0 Å². The molecule has 31 heavy (non-hydrogen) atoms. The van der Waals surface area contributed by atoms with Gasteiger partial charge in [-0.3, -0.25) is 0 Å². The van der Waals surface area contributed by atoms with Crippen LogP contribution in [0.5, 0.6) is 0 Å². The van der Waals surface area contributed by atoms with Gasteiger partial charge in [0.1, 0.15) is 12.2 Å². The van der Waals surface area contributed by atoms with Crippen LogP contribution in [0.15, 0.2) is 5.11 Å². The van der Waals surface area contributed by atoms with E-state index in [2.05, 4.69) is 51.6 Å². The van der Waals surface area contributed by atoms with Crippen molar-refractivity contribution in [3.05, 3.63) is 10.4 Å². The van der Waals surface area contributed by atoms with Gasteiger partial charge in [0.2, 0.25) is 0 Å². The van der Waals surface area contributed by atoms with E-state index in [0.717, 1.165) is 32.1 Å². The molecule has 0 radical (unpaired) electrons. The first-order chi connectivity index (χ1) is 14.8. The van der Waals surface area contributed by atoms with E-state index in [1.807, 2.05) is 0 Å². The summed E-state index contributed by atoms with van der Waals surface area (Å²) in [6.45, 7) is 13.9. The molecule has 4 unspecified atom stereocenters. The molecule has 0 spiro atoms. The topological polar surface area (TPSA) is 106 Å². The second kappa shape index (κ2) is 13.0. The predicted octanol–water partition coefficient (Wildman–Crippen LogP) is 5.04. The highest BCUT2D eigenvalue weighted by atomic mass is 16.7. The lowest BCUT2D eigenvalue weighted by Gasteiger charge is -2.48. The van der Waals surface area contributed by atoms with Gasteiger partial charge in [-0.2, -0.15) is 0 Å². The smallest absolute Gasteiger partial charge is 0.184 e. The number of aliphatic hydroxyl groups excluding tert-OH is 1. The van der Waals surface area contributed by atoms with Crippen LogP contribution in [-0.2, 0) is 18.9 Å². The number of unbranched alkanes of at least 4 members (excludes halogenated alkanes) is 2. The number of hydrogen-bond acceptors (Lipinski definition) is 6. The number of aliphatic hydroxyl groups is 1. The second-order valence-electron chi connectivity index (χ2n) is 9.32.